The second-order valence-corrected chi connectivity index (χ2v) is 5.46. The van der Waals surface area contributed by atoms with Crippen LogP contribution in [0.15, 0.2) is 12.1 Å². The zero-order chi connectivity index (χ0) is 18.3. The summed E-state index contributed by atoms with van der Waals surface area (Å²) in [5, 5.41) is 2.78. The summed E-state index contributed by atoms with van der Waals surface area (Å²) in [4.78, 5) is 26.1. The number of benzene rings is 1. The molecule has 0 heterocycles. The monoisotopic (exact) mass is 338 g/mol. The van der Waals surface area contributed by atoms with E-state index in [9.17, 15) is 9.59 Å². The minimum absolute atomic E-state index is 0.00975. The van der Waals surface area contributed by atoms with Crippen LogP contribution in [0.3, 0.4) is 0 Å². The van der Waals surface area contributed by atoms with E-state index in [1.165, 1.54) is 26.2 Å². The number of ether oxygens (including phenoxy) is 3. The van der Waals surface area contributed by atoms with Gasteiger partial charge in [0.05, 0.1) is 27.9 Å². The fraction of sp³-hybridized carbons (Fsp3) is 0.529. The number of nitrogens with zero attached hydrogens (tertiary/aromatic N) is 1. The van der Waals surface area contributed by atoms with Crippen LogP contribution in [0.1, 0.15) is 31.1 Å². The molecule has 7 heteroatoms. The maximum atomic E-state index is 12.7. The topological polar surface area (TPSA) is 77.1 Å². The third kappa shape index (κ3) is 4.78. The van der Waals surface area contributed by atoms with Gasteiger partial charge in [-0.05, 0) is 32.9 Å². The average molecular weight is 338 g/mol. The van der Waals surface area contributed by atoms with Gasteiger partial charge in [-0.1, -0.05) is 0 Å². The summed E-state index contributed by atoms with van der Waals surface area (Å²) in [7, 11) is 4.47. The van der Waals surface area contributed by atoms with E-state index in [4.69, 9.17) is 14.2 Å². The highest BCUT2D eigenvalue weighted by Gasteiger charge is 2.22. The third-order valence-corrected chi connectivity index (χ3v) is 3.36. The first-order chi connectivity index (χ1) is 11.4. The summed E-state index contributed by atoms with van der Waals surface area (Å²) in [5.74, 6) is 0.714. The highest BCUT2D eigenvalue weighted by molar-refractivity contribution is 5.97. The lowest BCUT2D eigenvalue weighted by molar-refractivity contribution is -0.122. The molecule has 0 saturated heterocycles. The Morgan fingerprint density at radius 1 is 1.08 bits per heavy atom. The molecule has 2 amide bonds. The van der Waals surface area contributed by atoms with E-state index in [2.05, 4.69) is 5.32 Å². The molecule has 0 saturated carbocycles. The Morgan fingerprint density at radius 2 is 1.62 bits per heavy atom. The second kappa shape index (κ2) is 9.00. The van der Waals surface area contributed by atoms with Crippen molar-refractivity contribution in [3.63, 3.8) is 0 Å². The smallest absolute Gasteiger partial charge is 0.254 e. The van der Waals surface area contributed by atoms with E-state index in [1.54, 1.807) is 12.1 Å². The molecule has 1 aromatic rings. The number of hydrogen-bond acceptors (Lipinski definition) is 5. The molecule has 134 valence electrons. The molecule has 0 bridgehead atoms. The Kier molecular flexibility index (Phi) is 7.35. The van der Waals surface area contributed by atoms with E-state index in [0.29, 0.717) is 29.4 Å². The molecule has 0 unspecified atom stereocenters. The summed E-state index contributed by atoms with van der Waals surface area (Å²) in [6.07, 6.45) is 0. The van der Waals surface area contributed by atoms with Gasteiger partial charge in [-0.2, -0.15) is 0 Å². The fourth-order valence-electron chi connectivity index (χ4n) is 2.26. The number of carbonyl (C=O) groups is 2. The summed E-state index contributed by atoms with van der Waals surface area (Å²) in [6, 6.07) is 3.17. The molecule has 0 aromatic heterocycles. The van der Waals surface area contributed by atoms with Gasteiger partial charge in [-0.25, -0.2) is 0 Å². The van der Waals surface area contributed by atoms with E-state index >= 15 is 0 Å². The largest absolute Gasteiger partial charge is 0.493 e. The van der Waals surface area contributed by atoms with Crippen LogP contribution >= 0.6 is 0 Å². The van der Waals surface area contributed by atoms with Crippen LogP contribution in [-0.4, -0.2) is 57.2 Å². The maximum absolute atomic E-state index is 12.7. The summed E-state index contributed by atoms with van der Waals surface area (Å²) in [5.41, 5.74) is 0.365. The number of likely N-dealkylation sites (N-methyl/N-ethyl adjacent to an activating group) is 1. The van der Waals surface area contributed by atoms with Crippen molar-refractivity contribution in [2.45, 2.75) is 26.8 Å². The normalized spacial score (nSPS) is 10.3. The van der Waals surface area contributed by atoms with Gasteiger partial charge in [0, 0.05) is 18.2 Å². The molecule has 1 rings (SSSR count). The Labute approximate surface area is 142 Å². The van der Waals surface area contributed by atoms with Crippen LogP contribution in [0.4, 0.5) is 0 Å². The van der Waals surface area contributed by atoms with Crippen LogP contribution in [-0.2, 0) is 4.79 Å². The first kappa shape index (κ1) is 19.6. The standard InChI is InChI=1S/C17H26N2O5/c1-7-19(10-15(20)18-11(2)3)17(21)12-8-13(22-4)16(24-6)14(9-12)23-5/h8-9,11H,7,10H2,1-6H3,(H,18,20). The van der Waals surface area contributed by atoms with Crippen molar-refractivity contribution >= 4 is 11.8 Å². The number of rotatable bonds is 8. The number of carbonyl (C=O) groups excluding carboxylic acids is 2. The summed E-state index contributed by atoms with van der Waals surface area (Å²) < 4.78 is 15.8. The number of hydrogen-bond donors (Lipinski definition) is 1. The van der Waals surface area contributed by atoms with Crippen molar-refractivity contribution in [1.82, 2.24) is 10.2 Å². The summed E-state index contributed by atoms with van der Waals surface area (Å²) in [6.45, 7) is 5.95. The van der Waals surface area contributed by atoms with Gasteiger partial charge in [-0.3, -0.25) is 9.59 Å². The first-order valence-electron chi connectivity index (χ1n) is 7.76. The number of nitrogens with one attached hydrogen (secondary N) is 1. The van der Waals surface area contributed by atoms with Crippen molar-refractivity contribution in [3.8, 4) is 17.2 Å². The minimum Gasteiger partial charge on any atom is -0.493 e. The quantitative estimate of drug-likeness (QED) is 0.781. The van der Waals surface area contributed by atoms with Gasteiger partial charge in [0.1, 0.15) is 0 Å². The van der Waals surface area contributed by atoms with Gasteiger partial charge >= 0.3 is 0 Å². The van der Waals surface area contributed by atoms with Crippen LogP contribution < -0.4 is 19.5 Å². The zero-order valence-corrected chi connectivity index (χ0v) is 15.1. The van der Waals surface area contributed by atoms with E-state index < -0.39 is 0 Å². The highest BCUT2D eigenvalue weighted by Crippen LogP contribution is 2.38. The molecule has 0 radical (unpaired) electrons. The van der Waals surface area contributed by atoms with Gasteiger partial charge in [0.25, 0.3) is 5.91 Å². The van der Waals surface area contributed by atoms with Crippen molar-refractivity contribution in [2.24, 2.45) is 0 Å². The molecule has 7 nitrogen and oxygen atoms in total. The Morgan fingerprint density at radius 3 is 2.00 bits per heavy atom. The predicted molar refractivity (Wildman–Crippen MR) is 91.0 cm³/mol. The van der Waals surface area contributed by atoms with Gasteiger partial charge in [0.15, 0.2) is 11.5 Å². The van der Waals surface area contributed by atoms with Crippen molar-refractivity contribution < 1.29 is 23.8 Å². The van der Waals surface area contributed by atoms with Gasteiger partial charge < -0.3 is 24.4 Å². The molecule has 0 aliphatic heterocycles. The van der Waals surface area contributed by atoms with Gasteiger partial charge in [0.2, 0.25) is 11.7 Å². The predicted octanol–water partition coefficient (Wildman–Crippen LogP) is 1.70. The van der Waals surface area contributed by atoms with E-state index in [-0.39, 0.29) is 24.4 Å². The first-order valence-corrected chi connectivity index (χ1v) is 7.76. The molecule has 0 fully saturated rings. The molecule has 0 aliphatic carbocycles. The Bertz CT molecular complexity index is 561. The summed E-state index contributed by atoms with van der Waals surface area (Å²) >= 11 is 0. The molecular weight excluding hydrogens is 312 g/mol. The van der Waals surface area contributed by atoms with Crippen LogP contribution in [0.5, 0.6) is 17.2 Å². The van der Waals surface area contributed by atoms with Crippen molar-refractivity contribution in [1.29, 1.82) is 0 Å². The van der Waals surface area contributed by atoms with E-state index in [1.807, 2.05) is 20.8 Å². The third-order valence-electron chi connectivity index (χ3n) is 3.36. The van der Waals surface area contributed by atoms with Crippen molar-refractivity contribution in [3.05, 3.63) is 17.7 Å². The lowest BCUT2D eigenvalue weighted by atomic mass is 10.1. The lowest BCUT2D eigenvalue weighted by Crippen LogP contribution is -2.42. The Hall–Kier alpha value is -2.44. The molecule has 0 atom stereocenters. The molecule has 1 aromatic carbocycles. The van der Waals surface area contributed by atoms with Crippen molar-refractivity contribution in [2.75, 3.05) is 34.4 Å². The zero-order valence-electron chi connectivity index (χ0n) is 15.1. The maximum Gasteiger partial charge on any atom is 0.254 e. The van der Waals surface area contributed by atoms with Crippen LogP contribution in [0.2, 0.25) is 0 Å². The molecule has 24 heavy (non-hydrogen) atoms. The average Bonchev–Trinajstić information content (AvgIpc) is 2.56. The molecular formula is C17H26N2O5. The van der Waals surface area contributed by atoms with Gasteiger partial charge in [-0.15, -0.1) is 0 Å². The molecule has 1 N–H and O–H groups in total. The minimum atomic E-state index is -0.282. The van der Waals surface area contributed by atoms with E-state index in [0.717, 1.165) is 0 Å². The fourth-order valence-corrected chi connectivity index (χ4v) is 2.26. The molecule has 0 aliphatic rings. The van der Waals surface area contributed by atoms with Crippen LogP contribution in [0.25, 0.3) is 0 Å². The number of amides is 2. The highest BCUT2D eigenvalue weighted by atomic mass is 16.5. The molecule has 0 spiro atoms. The number of methoxy groups -OCH3 is 3. The lowest BCUT2D eigenvalue weighted by Gasteiger charge is -2.22. The second-order valence-electron chi connectivity index (χ2n) is 5.46. The SMILES string of the molecule is CCN(CC(=O)NC(C)C)C(=O)c1cc(OC)c(OC)c(OC)c1. The Balaban J connectivity index is 3.09. The van der Waals surface area contributed by atoms with Crippen LogP contribution in [0, 0.1) is 0 Å².